The topological polar surface area (TPSA) is 50.5 Å². The van der Waals surface area contributed by atoms with Gasteiger partial charge in [0.2, 0.25) is 5.76 Å². The van der Waals surface area contributed by atoms with E-state index < -0.39 is 6.04 Å². The van der Waals surface area contributed by atoms with Crippen LogP contribution in [0.5, 0.6) is 0 Å². The van der Waals surface area contributed by atoms with E-state index in [-0.39, 0.29) is 17.1 Å². The van der Waals surface area contributed by atoms with Crippen molar-refractivity contribution < 1.29 is 9.21 Å². The minimum absolute atomic E-state index is 0.120. The van der Waals surface area contributed by atoms with Gasteiger partial charge in [0, 0.05) is 10.2 Å². The monoisotopic (exact) mass is 473 g/mol. The Labute approximate surface area is 188 Å². The molecule has 1 amide bonds. The lowest BCUT2D eigenvalue weighted by Crippen LogP contribution is -2.29. The molecule has 0 bridgehead atoms. The van der Waals surface area contributed by atoms with E-state index in [4.69, 9.17) is 4.42 Å². The summed E-state index contributed by atoms with van der Waals surface area (Å²) in [7, 11) is 0. The van der Waals surface area contributed by atoms with E-state index in [0.717, 1.165) is 26.7 Å². The molecule has 5 rings (SSSR count). The van der Waals surface area contributed by atoms with Gasteiger partial charge < -0.3 is 4.42 Å². The fourth-order valence-corrected chi connectivity index (χ4v) is 4.42. The van der Waals surface area contributed by atoms with Crippen LogP contribution in [0.2, 0.25) is 0 Å². The van der Waals surface area contributed by atoms with Crippen molar-refractivity contribution in [1.29, 1.82) is 0 Å². The van der Waals surface area contributed by atoms with Gasteiger partial charge in [0.05, 0.1) is 17.0 Å². The first-order valence-electron chi connectivity index (χ1n) is 10.1. The third-order valence-electron chi connectivity index (χ3n) is 5.98. The van der Waals surface area contributed by atoms with Gasteiger partial charge in [-0.2, -0.15) is 0 Å². The summed E-state index contributed by atoms with van der Waals surface area (Å²) in [6.45, 7) is 5.95. The molecule has 0 spiro atoms. The molecule has 31 heavy (non-hydrogen) atoms. The summed E-state index contributed by atoms with van der Waals surface area (Å²) in [5.74, 6) is -0.186. The molecular weight excluding hydrogens is 454 g/mol. The first-order valence-corrected chi connectivity index (χ1v) is 10.9. The van der Waals surface area contributed by atoms with E-state index in [1.165, 1.54) is 0 Å². The summed E-state index contributed by atoms with van der Waals surface area (Å²) in [5.41, 5.74) is 5.41. The van der Waals surface area contributed by atoms with Crippen LogP contribution in [0, 0.1) is 20.8 Å². The summed E-state index contributed by atoms with van der Waals surface area (Å²) >= 11 is 3.45. The molecule has 0 saturated carbocycles. The second-order valence-corrected chi connectivity index (χ2v) is 8.99. The van der Waals surface area contributed by atoms with E-state index >= 15 is 0 Å². The van der Waals surface area contributed by atoms with Crippen LogP contribution < -0.4 is 10.3 Å². The Morgan fingerprint density at radius 1 is 0.871 bits per heavy atom. The van der Waals surface area contributed by atoms with Gasteiger partial charge in [0.15, 0.2) is 5.43 Å². The zero-order chi connectivity index (χ0) is 21.9. The molecule has 154 valence electrons. The van der Waals surface area contributed by atoms with Crippen LogP contribution in [-0.4, -0.2) is 5.91 Å². The van der Waals surface area contributed by atoms with E-state index in [0.29, 0.717) is 22.2 Å². The first kappa shape index (κ1) is 19.8. The molecule has 0 N–H and O–H groups in total. The van der Waals surface area contributed by atoms with E-state index in [9.17, 15) is 9.59 Å². The number of rotatable bonds is 2. The molecular formula is C26H20BrNO3. The molecule has 1 aliphatic rings. The molecule has 4 aromatic rings. The van der Waals surface area contributed by atoms with Crippen LogP contribution in [-0.2, 0) is 0 Å². The summed E-state index contributed by atoms with van der Waals surface area (Å²) in [6.07, 6.45) is 0. The first-order chi connectivity index (χ1) is 14.8. The van der Waals surface area contributed by atoms with Crippen LogP contribution in [0.4, 0.5) is 5.69 Å². The molecule has 1 aliphatic heterocycles. The molecule has 5 heteroatoms. The number of amides is 1. The van der Waals surface area contributed by atoms with Gasteiger partial charge >= 0.3 is 0 Å². The summed E-state index contributed by atoms with van der Waals surface area (Å²) in [6, 6.07) is 18.6. The maximum absolute atomic E-state index is 13.7. The molecule has 0 saturated heterocycles. The Kier molecular flexibility index (Phi) is 4.59. The molecule has 1 unspecified atom stereocenters. The average Bonchev–Trinajstić information content (AvgIpc) is 3.04. The number of fused-ring (bicyclic) bond motifs is 2. The molecule has 0 fully saturated rings. The van der Waals surface area contributed by atoms with Crippen LogP contribution in [0.1, 0.15) is 44.4 Å². The van der Waals surface area contributed by atoms with E-state index in [1.807, 2.05) is 81.4 Å². The number of hydrogen-bond donors (Lipinski definition) is 0. The quantitative estimate of drug-likeness (QED) is 0.346. The lowest BCUT2D eigenvalue weighted by Gasteiger charge is -2.25. The summed E-state index contributed by atoms with van der Waals surface area (Å²) < 4.78 is 7.00. The van der Waals surface area contributed by atoms with Gasteiger partial charge in [0.1, 0.15) is 5.58 Å². The second kappa shape index (κ2) is 7.20. The van der Waals surface area contributed by atoms with Crippen molar-refractivity contribution in [3.63, 3.8) is 0 Å². The van der Waals surface area contributed by atoms with Gasteiger partial charge in [-0.05, 0) is 73.9 Å². The number of anilines is 1. The standard InChI is InChI=1S/C26H20BrNO3/c1-14-4-6-17(7-5-14)23-22-24(29)20-12-15(2)16(3)13-21(20)31-25(22)26(30)28(23)19-10-8-18(27)9-11-19/h4-13,23H,1-3H3. The lowest BCUT2D eigenvalue weighted by molar-refractivity contribution is 0.0971. The Balaban J connectivity index is 1.82. The van der Waals surface area contributed by atoms with Gasteiger partial charge in [-0.1, -0.05) is 45.8 Å². The average molecular weight is 474 g/mol. The Morgan fingerprint density at radius 2 is 1.52 bits per heavy atom. The van der Waals surface area contributed by atoms with Crippen molar-refractivity contribution in [3.8, 4) is 0 Å². The highest BCUT2D eigenvalue weighted by atomic mass is 79.9. The Hall–Kier alpha value is -3.18. The van der Waals surface area contributed by atoms with Crippen LogP contribution in [0.25, 0.3) is 11.0 Å². The van der Waals surface area contributed by atoms with Crippen LogP contribution >= 0.6 is 15.9 Å². The maximum atomic E-state index is 13.7. The third kappa shape index (κ3) is 3.12. The number of hydrogen-bond acceptors (Lipinski definition) is 3. The number of carbonyl (C=O) groups excluding carboxylic acids is 1. The van der Waals surface area contributed by atoms with Crippen LogP contribution in [0.3, 0.4) is 0 Å². The van der Waals surface area contributed by atoms with Gasteiger partial charge in [0.25, 0.3) is 5.91 Å². The van der Waals surface area contributed by atoms with E-state index in [1.54, 1.807) is 4.90 Å². The lowest BCUT2D eigenvalue weighted by atomic mass is 9.96. The SMILES string of the molecule is Cc1ccc(C2c3c(oc4cc(C)c(C)cc4c3=O)C(=O)N2c2ccc(Br)cc2)cc1. The van der Waals surface area contributed by atoms with Crippen molar-refractivity contribution in [2.45, 2.75) is 26.8 Å². The van der Waals surface area contributed by atoms with Crippen molar-refractivity contribution in [1.82, 2.24) is 0 Å². The molecule has 2 heterocycles. The summed E-state index contributed by atoms with van der Waals surface area (Å²) in [4.78, 5) is 28.9. The third-order valence-corrected chi connectivity index (χ3v) is 6.51. The molecule has 1 atom stereocenters. The maximum Gasteiger partial charge on any atom is 0.295 e. The second-order valence-electron chi connectivity index (χ2n) is 8.07. The number of carbonyl (C=O) groups is 1. The molecule has 0 radical (unpaired) electrons. The fraction of sp³-hybridized carbons (Fsp3) is 0.154. The number of nitrogens with zero attached hydrogens (tertiary/aromatic N) is 1. The van der Waals surface area contributed by atoms with Gasteiger partial charge in [-0.25, -0.2) is 0 Å². The summed E-state index contributed by atoms with van der Waals surface area (Å²) in [5, 5.41) is 0.504. The largest absolute Gasteiger partial charge is 0.450 e. The Morgan fingerprint density at radius 3 is 2.19 bits per heavy atom. The van der Waals surface area contributed by atoms with E-state index in [2.05, 4.69) is 15.9 Å². The number of halogens is 1. The fourth-order valence-electron chi connectivity index (χ4n) is 4.16. The highest BCUT2D eigenvalue weighted by Crippen LogP contribution is 2.41. The van der Waals surface area contributed by atoms with Gasteiger partial charge in [-0.15, -0.1) is 0 Å². The van der Waals surface area contributed by atoms with Gasteiger partial charge in [-0.3, -0.25) is 14.5 Å². The molecule has 3 aromatic carbocycles. The van der Waals surface area contributed by atoms with Crippen molar-refractivity contribution in [2.75, 3.05) is 4.90 Å². The van der Waals surface area contributed by atoms with Crippen molar-refractivity contribution in [2.24, 2.45) is 0 Å². The van der Waals surface area contributed by atoms with Crippen molar-refractivity contribution >= 4 is 38.5 Å². The zero-order valence-corrected chi connectivity index (χ0v) is 19.0. The zero-order valence-electron chi connectivity index (χ0n) is 17.4. The normalized spacial score (nSPS) is 15.5. The molecule has 4 nitrogen and oxygen atoms in total. The predicted molar refractivity (Wildman–Crippen MR) is 126 cm³/mol. The van der Waals surface area contributed by atoms with Crippen LogP contribution in [0.15, 0.2) is 74.3 Å². The minimum Gasteiger partial charge on any atom is -0.450 e. The molecule has 0 aliphatic carbocycles. The number of benzene rings is 3. The highest BCUT2D eigenvalue weighted by molar-refractivity contribution is 9.10. The minimum atomic E-state index is -0.550. The van der Waals surface area contributed by atoms with Crippen molar-refractivity contribution in [3.05, 3.63) is 109 Å². The number of aryl methyl sites for hydroxylation is 3. The smallest absolute Gasteiger partial charge is 0.295 e. The predicted octanol–water partition coefficient (Wildman–Crippen LogP) is 6.23. The Bertz CT molecular complexity index is 1400. The highest BCUT2D eigenvalue weighted by Gasteiger charge is 2.43. The molecule has 1 aromatic heterocycles.